The average molecular weight is 523 g/mol. The number of thioether (sulfide) groups is 1. The van der Waals surface area contributed by atoms with Gasteiger partial charge in [0.2, 0.25) is 0 Å². The molecule has 0 aliphatic carbocycles. The summed E-state index contributed by atoms with van der Waals surface area (Å²) in [5.41, 5.74) is 0.689. The summed E-state index contributed by atoms with van der Waals surface area (Å²) in [4.78, 5) is 37.3. The zero-order valence-corrected chi connectivity index (χ0v) is 18.6. The van der Waals surface area contributed by atoms with E-state index in [2.05, 4.69) is 31.9 Å². The summed E-state index contributed by atoms with van der Waals surface area (Å²) in [6.07, 6.45) is 1.63. The van der Waals surface area contributed by atoms with Gasteiger partial charge in [-0.2, -0.15) is 0 Å². The van der Waals surface area contributed by atoms with Gasteiger partial charge in [0.15, 0.2) is 6.61 Å². The van der Waals surface area contributed by atoms with Gasteiger partial charge < -0.3 is 14.2 Å². The summed E-state index contributed by atoms with van der Waals surface area (Å²) < 4.78 is 16.4. The Kier molecular flexibility index (Phi) is 8.33. The highest BCUT2D eigenvalue weighted by molar-refractivity contribution is 9.11. The number of hydrogen-bond donors (Lipinski definition) is 0. The summed E-state index contributed by atoms with van der Waals surface area (Å²) in [6.45, 7) is 2.28. The minimum atomic E-state index is -0.467. The van der Waals surface area contributed by atoms with Crippen molar-refractivity contribution in [2.75, 3.05) is 33.5 Å². The quantitative estimate of drug-likeness (QED) is 0.379. The first-order valence-corrected chi connectivity index (χ1v) is 10.3. The molecule has 2 rings (SSSR count). The highest BCUT2D eigenvalue weighted by Gasteiger charge is 2.34. The molecule has 7 nitrogen and oxygen atoms in total. The number of esters is 1. The second-order valence-electron chi connectivity index (χ2n) is 5.23. The molecule has 0 spiro atoms. The molecule has 1 saturated heterocycles. The van der Waals surface area contributed by atoms with Crippen LogP contribution in [-0.4, -0.2) is 55.5 Å². The number of ether oxygens (including phenoxy) is 3. The Balaban J connectivity index is 2.16. The molecule has 1 aromatic rings. The Hall–Kier alpha value is -1.36. The predicted octanol–water partition coefficient (Wildman–Crippen LogP) is 3.84. The van der Waals surface area contributed by atoms with Crippen LogP contribution in [0.5, 0.6) is 5.75 Å². The number of rotatable bonds is 8. The van der Waals surface area contributed by atoms with E-state index in [1.54, 1.807) is 25.1 Å². The van der Waals surface area contributed by atoms with Crippen molar-refractivity contribution in [3.05, 3.63) is 31.5 Å². The molecule has 0 N–H and O–H groups in total. The van der Waals surface area contributed by atoms with Gasteiger partial charge in [-0.25, -0.2) is 4.79 Å². The highest BCUT2D eigenvalue weighted by Crippen LogP contribution is 2.37. The van der Waals surface area contributed by atoms with E-state index < -0.39 is 5.97 Å². The van der Waals surface area contributed by atoms with E-state index in [1.807, 2.05) is 0 Å². The summed E-state index contributed by atoms with van der Waals surface area (Å²) in [5, 5.41) is -0.323. The largest absolute Gasteiger partial charge is 0.480 e. The number of hydrogen-bond acceptors (Lipinski definition) is 7. The molecule has 0 saturated carbocycles. The third-order valence-electron chi connectivity index (χ3n) is 3.35. The fraction of sp³-hybridized carbons (Fsp3) is 0.353. The molecule has 0 radical (unpaired) electrons. The Morgan fingerprint density at radius 2 is 1.93 bits per heavy atom. The third kappa shape index (κ3) is 5.81. The van der Waals surface area contributed by atoms with Crippen molar-refractivity contribution in [2.45, 2.75) is 6.92 Å². The van der Waals surface area contributed by atoms with Crippen molar-refractivity contribution in [1.29, 1.82) is 0 Å². The van der Waals surface area contributed by atoms with Crippen molar-refractivity contribution < 1.29 is 28.6 Å². The summed E-state index contributed by atoms with van der Waals surface area (Å²) in [6, 6.07) is 3.46. The van der Waals surface area contributed by atoms with E-state index in [4.69, 9.17) is 14.2 Å². The molecular weight excluding hydrogens is 506 g/mol. The van der Waals surface area contributed by atoms with Gasteiger partial charge in [-0.05, 0) is 74.3 Å². The predicted molar refractivity (Wildman–Crippen MR) is 109 cm³/mol. The van der Waals surface area contributed by atoms with Gasteiger partial charge in [-0.15, -0.1) is 0 Å². The van der Waals surface area contributed by atoms with Gasteiger partial charge in [-0.3, -0.25) is 14.5 Å². The van der Waals surface area contributed by atoms with Crippen LogP contribution >= 0.6 is 43.6 Å². The molecule has 1 heterocycles. The van der Waals surface area contributed by atoms with Gasteiger partial charge in [-0.1, -0.05) is 0 Å². The topological polar surface area (TPSA) is 82.1 Å². The SMILES string of the molecule is CCOC(=O)COc1c(Br)cc(/C=C2/SC(=O)N(CCOC)C2=O)cc1Br. The molecule has 146 valence electrons. The van der Waals surface area contributed by atoms with Crippen LogP contribution in [-0.2, 0) is 19.1 Å². The van der Waals surface area contributed by atoms with Crippen molar-refractivity contribution in [2.24, 2.45) is 0 Å². The molecule has 1 fully saturated rings. The molecule has 0 aromatic heterocycles. The lowest BCUT2D eigenvalue weighted by atomic mass is 10.2. The number of halogens is 2. The van der Waals surface area contributed by atoms with Gasteiger partial charge in [0.25, 0.3) is 11.1 Å². The molecule has 1 aromatic carbocycles. The Labute approximate surface area is 177 Å². The van der Waals surface area contributed by atoms with Crippen LogP contribution in [0, 0.1) is 0 Å². The van der Waals surface area contributed by atoms with Gasteiger partial charge in [0.05, 0.1) is 33.6 Å². The molecule has 0 atom stereocenters. The molecule has 0 unspecified atom stereocenters. The van der Waals surface area contributed by atoms with Crippen molar-refractivity contribution >= 4 is 66.8 Å². The van der Waals surface area contributed by atoms with E-state index in [9.17, 15) is 14.4 Å². The van der Waals surface area contributed by atoms with E-state index in [0.29, 0.717) is 25.2 Å². The molecule has 0 bridgehead atoms. The lowest BCUT2D eigenvalue weighted by Gasteiger charge is -2.11. The van der Waals surface area contributed by atoms with Gasteiger partial charge in [0, 0.05) is 7.11 Å². The monoisotopic (exact) mass is 521 g/mol. The van der Waals surface area contributed by atoms with E-state index >= 15 is 0 Å². The number of imide groups is 1. The van der Waals surface area contributed by atoms with E-state index in [-0.39, 0.29) is 37.5 Å². The fourth-order valence-electron chi connectivity index (χ4n) is 2.16. The van der Waals surface area contributed by atoms with Crippen LogP contribution in [0.15, 0.2) is 26.0 Å². The third-order valence-corrected chi connectivity index (χ3v) is 5.44. The van der Waals surface area contributed by atoms with E-state index in [1.165, 1.54) is 7.11 Å². The smallest absolute Gasteiger partial charge is 0.344 e. The van der Waals surface area contributed by atoms with Crippen LogP contribution in [0.1, 0.15) is 12.5 Å². The first kappa shape index (κ1) is 21.9. The maximum atomic E-state index is 12.4. The maximum absolute atomic E-state index is 12.4. The number of methoxy groups -OCH3 is 1. The van der Waals surface area contributed by atoms with Gasteiger partial charge >= 0.3 is 5.97 Å². The molecule has 2 amide bonds. The normalized spacial score (nSPS) is 15.6. The second-order valence-corrected chi connectivity index (χ2v) is 7.94. The molecule has 1 aliphatic rings. The molecular formula is C17H17Br2NO6S. The zero-order valence-electron chi connectivity index (χ0n) is 14.6. The number of nitrogens with zero attached hydrogens (tertiary/aromatic N) is 1. The minimum Gasteiger partial charge on any atom is -0.480 e. The Bertz CT molecular complexity index is 760. The summed E-state index contributed by atoms with van der Waals surface area (Å²) in [5.74, 6) is -0.379. The Morgan fingerprint density at radius 1 is 1.26 bits per heavy atom. The maximum Gasteiger partial charge on any atom is 0.344 e. The first-order valence-electron chi connectivity index (χ1n) is 7.89. The van der Waals surface area contributed by atoms with Crippen molar-refractivity contribution in [1.82, 2.24) is 4.90 Å². The van der Waals surface area contributed by atoms with Crippen molar-refractivity contribution in [3.8, 4) is 5.75 Å². The Morgan fingerprint density at radius 3 is 2.52 bits per heavy atom. The molecule has 1 aliphatic heterocycles. The number of amides is 2. The van der Waals surface area contributed by atoms with Crippen LogP contribution < -0.4 is 4.74 Å². The van der Waals surface area contributed by atoms with Crippen LogP contribution in [0.25, 0.3) is 6.08 Å². The first-order chi connectivity index (χ1) is 12.9. The zero-order chi connectivity index (χ0) is 20.0. The fourth-order valence-corrected chi connectivity index (χ4v) is 4.48. The summed E-state index contributed by atoms with van der Waals surface area (Å²) >= 11 is 7.66. The number of carbonyl (C=O) groups excluding carboxylic acids is 3. The standard InChI is InChI=1S/C17H17Br2NO6S/c1-3-25-14(21)9-26-15-11(18)6-10(7-12(15)19)8-13-16(22)20(4-5-24-2)17(23)27-13/h6-8H,3-5,9H2,1-2H3/b13-8+. The molecule has 27 heavy (non-hydrogen) atoms. The second kappa shape index (κ2) is 10.3. The minimum absolute atomic E-state index is 0.215. The number of carbonyl (C=O) groups is 3. The lowest BCUT2D eigenvalue weighted by molar-refractivity contribution is -0.145. The van der Waals surface area contributed by atoms with Crippen molar-refractivity contribution in [3.63, 3.8) is 0 Å². The highest BCUT2D eigenvalue weighted by atomic mass is 79.9. The molecule has 10 heteroatoms. The van der Waals surface area contributed by atoms with Gasteiger partial charge in [0.1, 0.15) is 5.75 Å². The average Bonchev–Trinajstić information content (AvgIpc) is 2.86. The van der Waals surface area contributed by atoms with Crippen LogP contribution in [0.3, 0.4) is 0 Å². The van der Waals surface area contributed by atoms with E-state index in [0.717, 1.165) is 16.7 Å². The lowest BCUT2D eigenvalue weighted by Crippen LogP contribution is -2.31. The van der Waals surface area contributed by atoms with Crippen LogP contribution in [0.2, 0.25) is 0 Å². The summed E-state index contributed by atoms with van der Waals surface area (Å²) in [7, 11) is 1.51. The van der Waals surface area contributed by atoms with Crippen LogP contribution in [0.4, 0.5) is 4.79 Å². The number of benzene rings is 1.